The van der Waals surface area contributed by atoms with Crippen LogP contribution in [0.5, 0.6) is 0 Å². The topological polar surface area (TPSA) is 45.1 Å². The Morgan fingerprint density at radius 3 is 3.08 bits per heavy atom. The van der Waals surface area contributed by atoms with E-state index in [2.05, 4.69) is 26.2 Å². The molecule has 1 atom stereocenters. The minimum atomic E-state index is 0.197. The molecule has 0 aliphatic rings. The SMILES string of the molecule is C[C@@H](CCO)Nc1cc(Br)ccn1. The molecule has 1 aromatic rings. The van der Waals surface area contributed by atoms with Crippen molar-refractivity contribution < 1.29 is 5.11 Å². The number of aliphatic hydroxyl groups excluding tert-OH is 1. The van der Waals surface area contributed by atoms with Gasteiger partial charge in [-0.15, -0.1) is 0 Å². The maximum atomic E-state index is 8.70. The lowest BCUT2D eigenvalue weighted by Gasteiger charge is -2.12. The molecule has 0 unspecified atom stereocenters. The van der Waals surface area contributed by atoms with Crippen molar-refractivity contribution in [1.29, 1.82) is 0 Å². The van der Waals surface area contributed by atoms with Gasteiger partial charge in [0.1, 0.15) is 5.82 Å². The zero-order valence-corrected chi connectivity index (χ0v) is 9.08. The van der Waals surface area contributed by atoms with E-state index in [1.165, 1.54) is 0 Å². The molecule has 0 aromatic carbocycles. The molecular formula is C9H13BrN2O. The van der Waals surface area contributed by atoms with E-state index in [4.69, 9.17) is 5.11 Å². The third-order valence-electron chi connectivity index (χ3n) is 1.68. The summed E-state index contributed by atoms with van der Waals surface area (Å²) in [6.45, 7) is 2.21. The number of nitrogens with zero attached hydrogens (tertiary/aromatic N) is 1. The lowest BCUT2D eigenvalue weighted by Crippen LogP contribution is -2.17. The minimum Gasteiger partial charge on any atom is -0.396 e. The fourth-order valence-corrected chi connectivity index (χ4v) is 1.34. The third kappa shape index (κ3) is 3.74. The summed E-state index contributed by atoms with van der Waals surface area (Å²) in [6.07, 6.45) is 2.46. The zero-order chi connectivity index (χ0) is 9.68. The average Bonchev–Trinajstić information content (AvgIpc) is 2.04. The summed E-state index contributed by atoms with van der Waals surface area (Å²) in [7, 11) is 0. The smallest absolute Gasteiger partial charge is 0.127 e. The van der Waals surface area contributed by atoms with Crippen LogP contribution in [-0.2, 0) is 0 Å². The van der Waals surface area contributed by atoms with E-state index in [0.29, 0.717) is 0 Å². The van der Waals surface area contributed by atoms with Crippen LogP contribution >= 0.6 is 15.9 Å². The Morgan fingerprint density at radius 2 is 2.46 bits per heavy atom. The number of halogens is 1. The van der Waals surface area contributed by atoms with Gasteiger partial charge in [-0.3, -0.25) is 0 Å². The largest absolute Gasteiger partial charge is 0.396 e. The molecule has 0 amide bonds. The van der Waals surface area contributed by atoms with Gasteiger partial charge >= 0.3 is 0 Å². The minimum absolute atomic E-state index is 0.197. The van der Waals surface area contributed by atoms with E-state index in [0.717, 1.165) is 16.7 Å². The van der Waals surface area contributed by atoms with Gasteiger partial charge in [-0.25, -0.2) is 4.98 Å². The van der Waals surface area contributed by atoms with E-state index >= 15 is 0 Å². The van der Waals surface area contributed by atoms with Crippen LogP contribution in [-0.4, -0.2) is 22.7 Å². The van der Waals surface area contributed by atoms with Gasteiger partial charge in [0.25, 0.3) is 0 Å². The van der Waals surface area contributed by atoms with Crippen LogP contribution in [0.2, 0.25) is 0 Å². The standard InChI is InChI=1S/C9H13BrN2O/c1-7(3-5-13)12-9-6-8(10)2-4-11-9/h2,4,6-7,13H,3,5H2,1H3,(H,11,12)/t7-/m0/s1. The Hall–Kier alpha value is -0.610. The first-order chi connectivity index (χ1) is 6.22. The molecule has 0 saturated heterocycles. The van der Waals surface area contributed by atoms with Crippen molar-refractivity contribution in [2.75, 3.05) is 11.9 Å². The summed E-state index contributed by atoms with van der Waals surface area (Å²) in [5.41, 5.74) is 0. The molecule has 0 spiro atoms. The van der Waals surface area contributed by atoms with Crippen LogP contribution in [0.4, 0.5) is 5.82 Å². The van der Waals surface area contributed by atoms with Crippen molar-refractivity contribution in [2.45, 2.75) is 19.4 Å². The summed E-state index contributed by atoms with van der Waals surface area (Å²) in [5.74, 6) is 0.829. The van der Waals surface area contributed by atoms with Gasteiger partial charge in [-0.2, -0.15) is 0 Å². The first kappa shape index (κ1) is 10.5. The van der Waals surface area contributed by atoms with E-state index in [-0.39, 0.29) is 12.6 Å². The van der Waals surface area contributed by atoms with E-state index < -0.39 is 0 Å². The monoisotopic (exact) mass is 244 g/mol. The van der Waals surface area contributed by atoms with Crippen LogP contribution in [0.1, 0.15) is 13.3 Å². The molecular weight excluding hydrogens is 232 g/mol. The first-order valence-electron chi connectivity index (χ1n) is 4.21. The molecule has 0 bridgehead atoms. The summed E-state index contributed by atoms with van der Waals surface area (Å²) in [4.78, 5) is 4.14. The van der Waals surface area contributed by atoms with Gasteiger partial charge < -0.3 is 10.4 Å². The highest BCUT2D eigenvalue weighted by Crippen LogP contribution is 2.13. The molecule has 0 fully saturated rings. The number of aromatic nitrogens is 1. The molecule has 72 valence electrons. The van der Waals surface area contributed by atoms with Gasteiger partial charge in [-0.1, -0.05) is 15.9 Å². The van der Waals surface area contributed by atoms with Crippen LogP contribution < -0.4 is 5.32 Å². The highest BCUT2D eigenvalue weighted by atomic mass is 79.9. The maximum absolute atomic E-state index is 8.70. The van der Waals surface area contributed by atoms with Gasteiger partial charge in [-0.05, 0) is 25.5 Å². The van der Waals surface area contributed by atoms with Crippen molar-refractivity contribution in [1.82, 2.24) is 4.98 Å². The molecule has 1 heterocycles. The maximum Gasteiger partial charge on any atom is 0.127 e. The Labute approximate surface area is 86.3 Å². The molecule has 1 aromatic heterocycles. The Kier molecular flexibility index (Phi) is 4.18. The average molecular weight is 245 g/mol. The molecule has 4 heteroatoms. The summed E-state index contributed by atoms with van der Waals surface area (Å²) in [6, 6.07) is 4.03. The fourth-order valence-electron chi connectivity index (χ4n) is 1.00. The number of rotatable bonds is 4. The molecule has 2 N–H and O–H groups in total. The van der Waals surface area contributed by atoms with Crippen LogP contribution in [0.3, 0.4) is 0 Å². The third-order valence-corrected chi connectivity index (χ3v) is 2.17. The second-order valence-corrected chi connectivity index (χ2v) is 3.83. The molecule has 3 nitrogen and oxygen atoms in total. The summed E-state index contributed by atoms with van der Waals surface area (Å²) < 4.78 is 1.00. The quantitative estimate of drug-likeness (QED) is 0.853. The van der Waals surface area contributed by atoms with Crippen LogP contribution in [0.25, 0.3) is 0 Å². The number of nitrogens with one attached hydrogen (secondary N) is 1. The van der Waals surface area contributed by atoms with Gasteiger partial charge in [0, 0.05) is 23.3 Å². The molecule has 0 aliphatic heterocycles. The van der Waals surface area contributed by atoms with E-state index in [9.17, 15) is 0 Å². The molecule has 0 saturated carbocycles. The van der Waals surface area contributed by atoms with Gasteiger partial charge in [0.15, 0.2) is 0 Å². The molecule has 13 heavy (non-hydrogen) atoms. The van der Waals surface area contributed by atoms with Gasteiger partial charge in [0.2, 0.25) is 0 Å². The number of hydrogen-bond acceptors (Lipinski definition) is 3. The fraction of sp³-hybridized carbons (Fsp3) is 0.444. The lowest BCUT2D eigenvalue weighted by atomic mass is 10.2. The number of pyridine rings is 1. The predicted octanol–water partition coefficient (Wildman–Crippen LogP) is 2.03. The first-order valence-corrected chi connectivity index (χ1v) is 5.00. The van der Waals surface area contributed by atoms with E-state index in [1.807, 2.05) is 19.1 Å². The van der Waals surface area contributed by atoms with Crippen LogP contribution in [0, 0.1) is 0 Å². The zero-order valence-electron chi connectivity index (χ0n) is 7.50. The second-order valence-electron chi connectivity index (χ2n) is 2.92. The number of hydrogen-bond donors (Lipinski definition) is 2. The summed E-state index contributed by atoms with van der Waals surface area (Å²) >= 11 is 3.36. The Morgan fingerprint density at radius 1 is 1.69 bits per heavy atom. The highest BCUT2D eigenvalue weighted by Gasteiger charge is 2.01. The van der Waals surface area contributed by atoms with Crippen LogP contribution in [0.15, 0.2) is 22.8 Å². The van der Waals surface area contributed by atoms with Crippen molar-refractivity contribution >= 4 is 21.7 Å². The second kappa shape index (κ2) is 5.19. The van der Waals surface area contributed by atoms with Gasteiger partial charge in [0.05, 0.1) is 0 Å². The Bertz CT molecular complexity index is 268. The molecule has 0 aliphatic carbocycles. The number of anilines is 1. The van der Waals surface area contributed by atoms with Crippen molar-refractivity contribution in [3.8, 4) is 0 Å². The molecule has 1 rings (SSSR count). The summed E-state index contributed by atoms with van der Waals surface area (Å²) in [5, 5.41) is 11.9. The molecule has 0 radical (unpaired) electrons. The lowest BCUT2D eigenvalue weighted by molar-refractivity contribution is 0.282. The normalized spacial score (nSPS) is 12.5. The Balaban J connectivity index is 2.53. The van der Waals surface area contributed by atoms with Crippen molar-refractivity contribution in [2.24, 2.45) is 0 Å². The van der Waals surface area contributed by atoms with Crippen molar-refractivity contribution in [3.63, 3.8) is 0 Å². The van der Waals surface area contributed by atoms with E-state index in [1.54, 1.807) is 6.20 Å². The predicted molar refractivity (Wildman–Crippen MR) is 56.7 cm³/mol. The number of aliphatic hydroxyl groups is 1. The highest BCUT2D eigenvalue weighted by molar-refractivity contribution is 9.10. The van der Waals surface area contributed by atoms with Crippen molar-refractivity contribution in [3.05, 3.63) is 22.8 Å².